The fourth-order valence-corrected chi connectivity index (χ4v) is 1.57. The molecular formula is C8H14N2O2. The Morgan fingerprint density at radius 1 is 1.75 bits per heavy atom. The highest BCUT2D eigenvalue weighted by molar-refractivity contribution is 5.91. The van der Waals surface area contributed by atoms with Gasteiger partial charge >= 0.3 is 0 Å². The Labute approximate surface area is 71.5 Å². The van der Waals surface area contributed by atoms with Crippen molar-refractivity contribution < 1.29 is 9.59 Å². The Morgan fingerprint density at radius 3 is 2.75 bits per heavy atom. The molecule has 4 heteroatoms. The third kappa shape index (κ3) is 1.42. The number of piperidine rings is 1. The summed E-state index contributed by atoms with van der Waals surface area (Å²) in [7, 11) is 0. The number of amides is 2. The van der Waals surface area contributed by atoms with E-state index >= 15 is 0 Å². The first-order valence-corrected chi connectivity index (χ1v) is 4.21. The molecule has 0 radical (unpaired) electrons. The zero-order chi connectivity index (χ0) is 9.19. The molecule has 1 aliphatic heterocycles. The number of nitrogens with one attached hydrogen (secondary N) is 1. The van der Waals surface area contributed by atoms with Gasteiger partial charge in [-0.3, -0.25) is 9.59 Å². The van der Waals surface area contributed by atoms with Crippen LogP contribution in [-0.4, -0.2) is 17.4 Å². The Kier molecular flexibility index (Phi) is 2.35. The molecular weight excluding hydrogens is 156 g/mol. The quantitative estimate of drug-likeness (QED) is 0.608. The lowest BCUT2D eigenvalue weighted by Crippen LogP contribution is -2.59. The monoisotopic (exact) mass is 170 g/mol. The van der Waals surface area contributed by atoms with E-state index in [0.717, 1.165) is 6.42 Å². The minimum atomic E-state index is -0.769. The highest BCUT2D eigenvalue weighted by Crippen LogP contribution is 2.22. The summed E-state index contributed by atoms with van der Waals surface area (Å²) in [5.74, 6) is -0.486. The second-order valence-electron chi connectivity index (χ2n) is 3.20. The predicted octanol–water partition coefficient (Wildman–Crippen LogP) is -0.0794. The van der Waals surface area contributed by atoms with Crippen molar-refractivity contribution in [3.05, 3.63) is 0 Å². The molecule has 1 aliphatic rings. The number of nitrogens with two attached hydrogens (primary N) is 1. The summed E-state index contributed by atoms with van der Waals surface area (Å²) in [4.78, 5) is 22.1. The van der Waals surface area contributed by atoms with Crippen LogP contribution in [0.25, 0.3) is 0 Å². The van der Waals surface area contributed by atoms with E-state index in [0.29, 0.717) is 19.3 Å². The molecule has 4 nitrogen and oxygen atoms in total. The number of carbonyl (C=O) groups is 2. The first-order chi connectivity index (χ1) is 5.60. The Balaban J connectivity index is 2.78. The van der Waals surface area contributed by atoms with E-state index in [1.54, 1.807) is 0 Å². The number of hydrogen-bond acceptors (Lipinski definition) is 2. The fraction of sp³-hybridized carbons (Fsp3) is 0.750. The Hall–Kier alpha value is -1.06. The summed E-state index contributed by atoms with van der Waals surface area (Å²) < 4.78 is 0. The van der Waals surface area contributed by atoms with Gasteiger partial charge in [0.2, 0.25) is 11.8 Å². The van der Waals surface area contributed by atoms with Gasteiger partial charge in [-0.2, -0.15) is 0 Å². The van der Waals surface area contributed by atoms with Crippen LogP contribution in [0.3, 0.4) is 0 Å². The van der Waals surface area contributed by atoms with E-state index in [1.165, 1.54) is 0 Å². The topological polar surface area (TPSA) is 72.2 Å². The summed E-state index contributed by atoms with van der Waals surface area (Å²) >= 11 is 0. The molecule has 1 fully saturated rings. The third-order valence-electron chi connectivity index (χ3n) is 2.46. The fourth-order valence-electron chi connectivity index (χ4n) is 1.57. The maximum absolute atomic E-state index is 11.1. The average Bonchev–Trinajstić information content (AvgIpc) is 2.04. The number of hydrogen-bond donors (Lipinski definition) is 2. The van der Waals surface area contributed by atoms with Crippen LogP contribution in [0.5, 0.6) is 0 Å². The molecule has 12 heavy (non-hydrogen) atoms. The first-order valence-electron chi connectivity index (χ1n) is 4.21. The van der Waals surface area contributed by atoms with Gasteiger partial charge in [0.15, 0.2) is 0 Å². The molecule has 1 rings (SSSR count). The van der Waals surface area contributed by atoms with E-state index in [1.807, 2.05) is 6.92 Å². The standard InChI is InChI=1S/C8H14N2O2/c1-2-8(7(9)12)5-3-4-6(11)10-8/h2-5H2,1H3,(H2,9,12)(H,10,11). The molecule has 0 aromatic heterocycles. The molecule has 1 saturated heterocycles. The second-order valence-corrected chi connectivity index (χ2v) is 3.20. The largest absolute Gasteiger partial charge is 0.368 e. The molecule has 0 spiro atoms. The van der Waals surface area contributed by atoms with E-state index in [2.05, 4.69) is 5.32 Å². The van der Waals surface area contributed by atoms with E-state index in [4.69, 9.17) is 5.73 Å². The summed E-state index contributed by atoms with van der Waals surface area (Å²) in [5.41, 5.74) is 4.45. The molecule has 68 valence electrons. The van der Waals surface area contributed by atoms with Crippen LogP contribution in [0.1, 0.15) is 32.6 Å². The van der Waals surface area contributed by atoms with Crippen molar-refractivity contribution in [2.24, 2.45) is 5.73 Å². The first kappa shape index (κ1) is 9.03. The molecule has 3 N–H and O–H groups in total. The third-order valence-corrected chi connectivity index (χ3v) is 2.46. The number of rotatable bonds is 2. The summed E-state index contributed by atoms with van der Waals surface area (Å²) in [5, 5.41) is 2.67. The molecule has 0 saturated carbocycles. The van der Waals surface area contributed by atoms with Gasteiger partial charge in [0.1, 0.15) is 5.54 Å². The van der Waals surface area contributed by atoms with E-state index < -0.39 is 11.4 Å². The second kappa shape index (κ2) is 3.13. The minimum Gasteiger partial charge on any atom is -0.368 e. The lowest BCUT2D eigenvalue weighted by Gasteiger charge is -2.34. The number of primary amides is 1. The van der Waals surface area contributed by atoms with Crippen molar-refractivity contribution in [1.29, 1.82) is 0 Å². The Morgan fingerprint density at radius 2 is 2.42 bits per heavy atom. The van der Waals surface area contributed by atoms with E-state index in [-0.39, 0.29) is 5.91 Å². The molecule has 0 aromatic carbocycles. The van der Waals surface area contributed by atoms with Crippen molar-refractivity contribution in [1.82, 2.24) is 5.32 Å². The van der Waals surface area contributed by atoms with Crippen LogP contribution in [0.2, 0.25) is 0 Å². The minimum absolute atomic E-state index is 0.0677. The van der Waals surface area contributed by atoms with Gasteiger partial charge in [-0.15, -0.1) is 0 Å². The van der Waals surface area contributed by atoms with Crippen molar-refractivity contribution >= 4 is 11.8 Å². The molecule has 1 atom stereocenters. The highest BCUT2D eigenvalue weighted by Gasteiger charge is 2.38. The molecule has 0 bridgehead atoms. The van der Waals surface area contributed by atoms with Gasteiger partial charge in [-0.25, -0.2) is 0 Å². The maximum Gasteiger partial charge on any atom is 0.243 e. The van der Waals surface area contributed by atoms with Gasteiger partial charge in [0, 0.05) is 6.42 Å². The molecule has 1 heterocycles. The molecule has 0 aromatic rings. The smallest absolute Gasteiger partial charge is 0.243 e. The lowest BCUT2D eigenvalue weighted by atomic mass is 9.85. The van der Waals surface area contributed by atoms with Gasteiger partial charge in [0.25, 0.3) is 0 Å². The zero-order valence-corrected chi connectivity index (χ0v) is 7.22. The van der Waals surface area contributed by atoms with Gasteiger partial charge < -0.3 is 11.1 Å². The summed E-state index contributed by atoms with van der Waals surface area (Å²) in [6.45, 7) is 1.86. The normalized spacial score (nSPS) is 29.6. The van der Waals surface area contributed by atoms with Gasteiger partial charge in [-0.05, 0) is 19.3 Å². The average molecular weight is 170 g/mol. The molecule has 1 unspecified atom stereocenters. The lowest BCUT2D eigenvalue weighted by molar-refractivity contribution is -0.134. The predicted molar refractivity (Wildman–Crippen MR) is 44.2 cm³/mol. The van der Waals surface area contributed by atoms with Crippen molar-refractivity contribution in [3.63, 3.8) is 0 Å². The number of carbonyl (C=O) groups excluding carboxylic acids is 2. The van der Waals surface area contributed by atoms with Crippen LogP contribution in [0.4, 0.5) is 0 Å². The van der Waals surface area contributed by atoms with Gasteiger partial charge in [0.05, 0.1) is 0 Å². The van der Waals surface area contributed by atoms with Crippen molar-refractivity contribution in [3.8, 4) is 0 Å². The summed E-state index contributed by atoms with van der Waals surface area (Å²) in [6.07, 6.45) is 2.51. The maximum atomic E-state index is 11.1. The van der Waals surface area contributed by atoms with Crippen LogP contribution in [0, 0.1) is 0 Å². The van der Waals surface area contributed by atoms with Gasteiger partial charge in [-0.1, -0.05) is 6.92 Å². The molecule has 0 aliphatic carbocycles. The van der Waals surface area contributed by atoms with Crippen LogP contribution >= 0.6 is 0 Å². The van der Waals surface area contributed by atoms with Crippen molar-refractivity contribution in [2.75, 3.05) is 0 Å². The summed E-state index contributed by atoms with van der Waals surface area (Å²) in [6, 6.07) is 0. The van der Waals surface area contributed by atoms with Crippen LogP contribution in [-0.2, 0) is 9.59 Å². The Bertz CT molecular complexity index is 215. The van der Waals surface area contributed by atoms with E-state index in [9.17, 15) is 9.59 Å². The van der Waals surface area contributed by atoms with Crippen molar-refractivity contribution in [2.45, 2.75) is 38.1 Å². The SMILES string of the molecule is CCC1(C(N)=O)CCCC(=O)N1. The van der Waals surface area contributed by atoms with Crippen LogP contribution in [0.15, 0.2) is 0 Å². The highest BCUT2D eigenvalue weighted by atomic mass is 16.2. The zero-order valence-electron chi connectivity index (χ0n) is 7.22. The molecule has 2 amide bonds. The van der Waals surface area contributed by atoms with Crippen LogP contribution < -0.4 is 11.1 Å².